The first-order chi connectivity index (χ1) is 6.15. The number of benzene rings is 1. The molecule has 0 bridgehead atoms. The molecule has 0 spiro atoms. The lowest BCUT2D eigenvalue weighted by atomic mass is 10.1. The van der Waals surface area contributed by atoms with Gasteiger partial charge in [0.15, 0.2) is 0 Å². The molecule has 0 heterocycles. The molecule has 0 aliphatic heterocycles. The molecule has 0 amide bonds. The van der Waals surface area contributed by atoms with Crippen LogP contribution in [0.2, 0.25) is 5.02 Å². The van der Waals surface area contributed by atoms with Crippen molar-refractivity contribution in [1.82, 2.24) is 0 Å². The molecular weight excluding hydrogens is 186 g/mol. The summed E-state index contributed by atoms with van der Waals surface area (Å²) < 4.78 is 0. The van der Waals surface area contributed by atoms with Crippen LogP contribution in [0.5, 0.6) is 5.75 Å². The second-order valence-electron chi connectivity index (χ2n) is 3.13. The van der Waals surface area contributed by atoms with Gasteiger partial charge >= 0.3 is 0 Å². The van der Waals surface area contributed by atoms with Crippen LogP contribution in [-0.2, 0) is 6.42 Å². The maximum Gasteiger partial charge on any atom is 0.116 e. The molecule has 0 aliphatic carbocycles. The Morgan fingerprint density at radius 2 is 2.15 bits per heavy atom. The fourth-order valence-corrected chi connectivity index (χ4v) is 1.50. The summed E-state index contributed by atoms with van der Waals surface area (Å²) in [6, 6.07) is 3.36. The Balaban J connectivity index is 2.92. The highest BCUT2D eigenvalue weighted by atomic mass is 35.5. The largest absolute Gasteiger partial charge is 0.508 e. The third kappa shape index (κ3) is 2.61. The van der Waals surface area contributed by atoms with E-state index in [2.05, 4.69) is 0 Å². The standard InChI is InChI=1S/C10H14ClNO/c1-7-5-9(13)6-8(10(7)11)3-2-4-12/h5-6,13H,2-4,12H2,1H3. The van der Waals surface area contributed by atoms with Gasteiger partial charge in [-0.3, -0.25) is 0 Å². The van der Waals surface area contributed by atoms with E-state index in [0.29, 0.717) is 6.54 Å². The van der Waals surface area contributed by atoms with E-state index in [9.17, 15) is 5.11 Å². The first-order valence-corrected chi connectivity index (χ1v) is 4.71. The van der Waals surface area contributed by atoms with E-state index in [1.54, 1.807) is 12.1 Å². The lowest BCUT2D eigenvalue weighted by Crippen LogP contribution is -2.01. The molecule has 1 rings (SSSR count). The summed E-state index contributed by atoms with van der Waals surface area (Å²) in [5.41, 5.74) is 7.28. The fourth-order valence-electron chi connectivity index (χ4n) is 1.30. The quantitative estimate of drug-likeness (QED) is 0.785. The highest BCUT2D eigenvalue weighted by Crippen LogP contribution is 2.26. The smallest absolute Gasteiger partial charge is 0.116 e. The molecule has 0 fully saturated rings. The average Bonchev–Trinajstić information content (AvgIpc) is 2.09. The van der Waals surface area contributed by atoms with Gasteiger partial charge in [0.1, 0.15) is 5.75 Å². The first-order valence-electron chi connectivity index (χ1n) is 4.33. The fraction of sp³-hybridized carbons (Fsp3) is 0.400. The van der Waals surface area contributed by atoms with Crippen molar-refractivity contribution >= 4 is 11.6 Å². The number of rotatable bonds is 3. The molecule has 1 aromatic carbocycles. The van der Waals surface area contributed by atoms with Crippen LogP contribution in [0.25, 0.3) is 0 Å². The Bertz CT molecular complexity index is 299. The van der Waals surface area contributed by atoms with E-state index in [1.807, 2.05) is 6.92 Å². The number of nitrogens with two attached hydrogens (primary N) is 1. The van der Waals surface area contributed by atoms with Gasteiger partial charge < -0.3 is 10.8 Å². The van der Waals surface area contributed by atoms with Crippen LogP contribution in [-0.4, -0.2) is 11.7 Å². The third-order valence-electron chi connectivity index (χ3n) is 1.96. The molecule has 3 N–H and O–H groups in total. The maximum absolute atomic E-state index is 9.33. The molecule has 0 aromatic heterocycles. The van der Waals surface area contributed by atoms with Crippen molar-refractivity contribution in [2.45, 2.75) is 19.8 Å². The highest BCUT2D eigenvalue weighted by molar-refractivity contribution is 6.32. The Hall–Kier alpha value is -0.730. The molecule has 72 valence electrons. The minimum atomic E-state index is 0.272. The summed E-state index contributed by atoms with van der Waals surface area (Å²) in [6.07, 6.45) is 1.72. The minimum absolute atomic E-state index is 0.272. The van der Waals surface area contributed by atoms with E-state index in [1.165, 1.54) is 0 Å². The Labute approximate surface area is 83.3 Å². The van der Waals surface area contributed by atoms with Crippen molar-refractivity contribution in [3.05, 3.63) is 28.3 Å². The number of aryl methyl sites for hydroxylation is 2. The zero-order chi connectivity index (χ0) is 9.84. The van der Waals surface area contributed by atoms with Crippen LogP contribution in [0.15, 0.2) is 12.1 Å². The zero-order valence-corrected chi connectivity index (χ0v) is 8.43. The van der Waals surface area contributed by atoms with Crippen LogP contribution >= 0.6 is 11.6 Å². The second-order valence-corrected chi connectivity index (χ2v) is 3.51. The Morgan fingerprint density at radius 3 is 2.77 bits per heavy atom. The molecule has 0 aliphatic rings. The summed E-state index contributed by atoms with van der Waals surface area (Å²) in [5.74, 6) is 0.272. The molecule has 0 saturated heterocycles. The molecule has 0 saturated carbocycles. The summed E-state index contributed by atoms with van der Waals surface area (Å²) in [6.45, 7) is 2.53. The van der Waals surface area contributed by atoms with Gasteiger partial charge in [0.2, 0.25) is 0 Å². The lowest BCUT2D eigenvalue weighted by molar-refractivity contribution is 0.474. The van der Waals surface area contributed by atoms with E-state index in [-0.39, 0.29) is 5.75 Å². The number of phenols is 1. The van der Waals surface area contributed by atoms with Crippen molar-refractivity contribution in [2.75, 3.05) is 6.54 Å². The predicted molar refractivity (Wildman–Crippen MR) is 55.2 cm³/mol. The third-order valence-corrected chi connectivity index (χ3v) is 2.51. The lowest BCUT2D eigenvalue weighted by Gasteiger charge is -2.06. The van der Waals surface area contributed by atoms with Gasteiger partial charge in [0, 0.05) is 5.02 Å². The molecule has 2 nitrogen and oxygen atoms in total. The molecular formula is C10H14ClNO. The Morgan fingerprint density at radius 1 is 1.46 bits per heavy atom. The maximum atomic E-state index is 9.33. The van der Waals surface area contributed by atoms with Gasteiger partial charge in [-0.05, 0) is 49.6 Å². The summed E-state index contributed by atoms with van der Waals surface area (Å²) in [4.78, 5) is 0. The van der Waals surface area contributed by atoms with Gasteiger partial charge in [-0.15, -0.1) is 0 Å². The van der Waals surface area contributed by atoms with Crippen molar-refractivity contribution < 1.29 is 5.11 Å². The topological polar surface area (TPSA) is 46.2 Å². The highest BCUT2D eigenvalue weighted by Gasteiger charge is 2.04. The van der Waals surface area contributed by atoms with Crippen molar-refractivity contribution in [2.24, 2.45) is 5.73 Å². The van der Waals surface area contributed by atoms with Crippen LogP contribution in [0.4, 0.5) is 0 Å². The van der Waals surface area contributed by atoms with Crippen molar-refractivity contribution in [3.8, 4) is 5.75 Å². The van der Waals surface area contributed by atoms with E-state index >= 15 is 0 Å². The van der Waals surface area contributed by atoms with Crippen LogP contribution in [0, 0.1) is 6.92 Å². The normalized spacial score (nSPS) is 10.4. The number of halogens is 1. The summed E-state index contributed by atoms with van der Waals surface area (Å²) in [5, 5.41) is 10.1. The van der Waals surface area contributed by atoms with Crippen LogP contribution < -0.4 is 5.73 Å². The summed E-state index contributed by atoms with van der Waals surface area (Å²) >= 11 is 6.05. The SMILES string of the molecule is Cc1cc(O)cc(CCCN)c1Cl. The van der Waals surface area contributed by atoms with E-state index in [4.69, 9.17) is 17.3 Å². The van der Waals surface area contributed by atoms with E-state index < -0.39 is 0 Å². The molecule has 0 atom stereocenters. The predicted octanol–water partition coefficient (Wildman–Crippen LogP) is 2.25. The van der Waals surface area contributed by atoms with Crippen molar-refractivity contribution in [1.29, 1.82) is 0 Å². The monoisotopic (exact) mass is 199 g/mol. The molecule has 1 aromatic rings. The van der Waals surface area contributed by atoms with Gasteiger partial charge in [-0.2, -0.15) is 0 Å². The van der Waals surface area contributed by atoms with Crippen LogP contribution in [0.1, 0.15) is 17.5 Å². The van der Waals surface area contributed by atoms with Gasteiger partial charge in [-0.25, -0.2) is 0 Å². The van der Waals surface area contributed by atoms with E-state index in [0.717, 1.165) is 29.0 Å². The van der Waals surface area contributed by atoms with Crippen LogP contribution in [0.3, 0.4) is 0 Å². The molecule has 0 radical (unpaired) electrons. The zero-order valence-electron chi connectivity index (χ0n) is 7.68. The van der Waals surface area contributed by atoms with Crippen molar-refractivity contribution in [3.63, 3.8) is 0 Å². The number of aromatic hydroxyl groups is 1. The molecule has 0 unspecified atom stereocenters. The number of phenolic OH excluding ortho intramolecular Hbond substituents is 1. The minimum Gasteiger partial charge on any atom is -0.508 e. The van der Waals surface area contributed by atoms with Gasteiger partial charge in [0.25, 0.3) is 0 Å². The van der Waals surface area contributed by atoms with Gasteiger partial charge in [0.05, 0.1) is 0 Å². The Kier molecular flexibility index (Phi) is 3.58. The number of hydrogen-bond donors (Lipinski definition) is 2. The molecule has 3 heteroatoms. The van der Waals surface area contributed by atoms with Gasteiger partial charge in [-0.1, -0.05) is 11.6 Å². The molecule has 13 heavy (non-hydrogen) atoms. The average molecular weight is 200 g/mol. The number of hydrogen-bond acceptors (Lipinski definition) is 2. The summed E-state index contributed by atoms with van der Waals surface area (Å²) in [7, 11) is 0. The second kappa shape index (κ2) is 4.49. The first kappa shape index (κ1) is 10.4.